The van der Waals surface area contributed by atoms with E-state index in [1.807, 2.05) is 6.07 Å². The van der Waals surface area contributed by atoms with Gasteiger partial charge >= 0.3 is 0 Å². The van der Waals surface area contributed by atoms with Crippen molar-refractivity contribution in [3.63, 3.8) is 0 Å². The molecule has 3 heterocycles. The molecule has 2 bridgehead atoms. The molecule has 2 aromatic heterocycles. The Kier molecular flexibility index (Phi) is 5.23. The van der Waals surface area contributed by atoms with Crippen molar-refractivity contribution in [2.45, 2.75) is 56.7 Å². The fraction of sp³-hybridized carbons (Fsp3) is 0.500. The molecule has 0 spiro atoms. The molecule has 3 N–H and O–H groups in total. The van der Waals surface area contributed by atoms with Gasteiger partial charge in [0.2, 0.25) is 5.82 Å². The Bertz CT molecular complexity index is 1200. The summed E-state index contributed by atoms with van der Waals surface area (Å²) in [6.07, 6.45) is 7.29. The van der Waals surface area contributed by atoms with Crippen LogP contribution in [0.4, 0.5) is 0 Å². The lowest BCUT2D eigenvalue weighted by Gasteiger charge is -2.62. The summed E-state index contributed by atoms with van der Waals surface area (Å²) in [6, 6.07) is 10.5. The van der Waals surface area contributed by atoms with Gasteiger partial charge in [0.15, 0.2) is 0 Å². The molecule has 3 aliphatic carbocycles. The number of halogens is 1. The second-order valence-corrected chi connectivity index (χ2v) is 11.2. The zero-order valence-electron chi connectivity index (χ0n) is 19.7. The SMILES string of the molecule is CC(C)(O)c1nc(-c2cncc([C@@](O)(c3ccc(C45CC(C4)C5)cc3)C3(C)CNC3)c2)no1.Cl. The van der Waals surface area contributed by atoms with Crippen molar-refractivity contribution in [1.29, 1.82) is 0 Å². The molecule has 0 radical (unpaired) electrons. The Hall–Kier alpha value is -2.32. The summed E-state index contributed by atoms with van der Waals surface area (Å²) >= 11 is 0. The molecule has 1 saturated heterocycles. The zero-order chi connectivity index (χ0) is 23.1. The third kappa shape index (κ3) is 3.25. The van der Waals surface area contributed by atoms with Crippen LogP contribution in [0, 0.1) is 11.3 Å². The zero-order valence-corrected chi connectivity index (χ0v) is 20.5. The molecule has 3 saturated carbocycles. The number of aromatic nitrogens is 3. The fourth-order valence-electron chi connectivity index (χ4n) is 5.87. The predicted molar refractivity (Wildman–Crippen MR) is 129 cm³/mol. The average molecular weight is 483 g/mol. The monoisotopic (exact) mass is 482 g/mol. The van der Waals surface area contributed by atoms with Crippen LogP contribution in [0.5, 0.6) is 0 Å². The minimum atomic E-state index is -1.23. The normalized spacial score (nSPS) is 26.3. The molecule has 1 aliphatic heterocycles. The third-order valence-electron chi connectivity index (χ3n) is 8.22. The molecule has 7 rings (SSSR count). The van der Waals surface area contributed by atoms with Crippen LogP contribution in [0.25, 0.3) is 11.4 Å². The smallest absolute Gasteiger partial charge is 0.258 e. The quantitative estimate of drug-likeness (QED) is 0.492. The molecule has 4 fully saturated rings. The van der Waals surface area contributed by atoms with Gasteiger partial charge in [0.25, 0.3) is 5.89 Å². The van der Waals surface area contributed by atoms with Gasteiger partial charge in [-0.3, -0.25) is 4.98 Å². The Balaban J connectivity index is 0.00000241. The first-order valence-corrected chi connectivity index (χ1v) is 11.7. The van der Waals surface area contributed by atoms with Crippen LogP contribution in [0.15, 0.2) is 47.2 Å². The highest BCUT2D eigenvalue weighted by molar-refractivity contribution is 5.85. The van der Waals surface area contributed by atoms with Gasteiger partial charge in [0.05, 0.1) is 0 Å². The lowest BCUT2D eigenvalue weighted by Crippen LogP contribution is -2.63. The molecule has 8 heteroatoms. The van der Waals surface area contributed by atoms with Gasteiger partial charge in [0, 0.05) is 42.0 Å². The second-order valence-electron chi connectivity index (χ2n) is 11.2. The van der Waals surface area contributed by atoms with Crippen LogP contribution in [-0.4, -0.2) is 38.4 Å². The Morgan fingerprint density at radius 2 is 1.71 bits per heavy atom. The van der Waals surface area contributed by atoms with Gasteiger partial charge in [-0.25, -0.2) is 0 Å². The molecule has 4 aliphatic rings. The number of hydrogen-bond donors (Lipinski definition) is 3. The van der Waals surface area contributed by atoms with Gasteiger partial charge in [-0.05, 0) is 61.6 Å². The summed E-state index contributed by atoms with van der Waals surface area (Å²) in [5.41, 5.74) is 1.12. The summed E-state index contributed by atoms with van der Waals surface area (Å²) in [5.74, 6) is 1.40. The van der Waals surface area contributed by atoms with Crippen molar-refractivity contribution in [1.82, 2.24) is 20.4 Å². The summed E-state index contributed by atoms with van der Waals surface area (Å²) in [7, 11) is 0. The first-order valence-electron chi connectivity index (χ1n) is 11.7. The van der Waals surface area contributed by atoms with E-state index < -0.39 is 11.2 Å². The lowest BCUT2D eigenvalue weighted by atomic mass is 9.42. The van der Waals surface area contributed by atoms with Crippen LogP contribution in [0.2, 0.25) is 0 Å². The second kappa shape index (κ2) is 7.59. The van der Waals surface area contributed by atoms with E-state index in [-0.39, 0.29) is 23.7 Å². The molecule has 0 amide bonds. The molecule has 1 aromatic carbocycles. The molecule has 7 nitrogen and oxygen atoms in total. The highest BCUT2D eigenvalue weighted by Gasteiger charge is 2.57. The lowest BCUT2D eigenvalue weighted by molar-refractivity contribution is -0.0770. The van der Waals surface area contributed by atoms with Gasteiger partial charge in [-0.2, -0.15) is 4.98 Å². The topological polar surface area (TPSA) is 104 Å². The summed E-state index contributed by atoms with van der Waals surface area (Å²) in [4.78, 5) is 8.76. The summed E-state index contributed by atoms with van der Waals surface area (Å²) in [6.45, 7) is 6.70. The Labute approximate surface area is 205 Å². The maximum atomic E-state index is 12.3. The van der Waals surface area contributed by atoms with E-state index in [0.717, 1.165) is 11.5 Å². The summed E-state index contributed by atoms with van der Waals surface area (Å²) in [5, 5.41) is 29.9. The van der Waals surface area contributed by atoms with Crippen LogP contribution >= 0.6 is 12.4 Å². The molecule has 180 valence electrons. The van der Waals surface area contributed by atoms with E-state index in [9.17, 15) is 10.2 Å². The van der Waals surface area contributed by atoms with Gasteiger partial charge < -0.3 is 20.1 Å². The number of nitrogens with one attached hydrogen (secondary N) is 1. The molecular weight excluding hydrogens is 452 g/mol. The van der Waals surface area contributed by atoms with Gasteiger partial charge in [-0.1, -0.05) is 36.3 Å². The number of pyridine rings is 1. The van der Waals surface area contributed by atoms with E-state index in [4.69, 9.17) is 4.52 Å². The minimum Gasteiger partial charge on any atom is -0.381 e. The van der Waals surface area contributed by atoms with E-state index in [1.54, 1.807) is 26.2 Å². The maximum absolute atomic E-state index is 12.3. The van der Waals surface area contributed by atoms with Crippen LogP contribution in [0.1, 0.15) is 62.6 Å². The first-order chi connectivity index (χ1) is 15.6. The standard InChI is InChI=1S/C26H30N4O3.ClH/c1-23(2,31)22-29-21(30-33-22)17-8-20(13-27-12-17)26(32,24(3)14-28-15-24)19-6-4-18(5-7-19)25-9-16(10-25)11-25;/h4-8,12-13,16,28,31-32H,9-11,14-15H2,1-3H3;1H/t16?,25?,26-;/m0./s1. The number of nitrogens with zero attached hydrogens (tertiary/aromatic N) is 3. The maximum Gasteiger partial charge on any atom is 0.258 e. The van der Waals surface area contributed by atoms with Gasteiger partial charge in [-0.15, -0.1) is 12.4 Å². The van der Waals surface area contributed by atoms with Crippen LogP contribution in [-0.2, 0) is 16.6 Å². The van der Waals surface area contributed by atoms with E-state index >= 15 is 0 Å². The first kappa shape index (κ1) is 23.4. The largest absolute Gasteiger partial charge is 0.381 e. The molecule has 0 unspecified atom stereocenters. The molecule has 1 atom stereocenters. The number of rotatable bonds is 6. The van der Waals surface area contributed by atoms with Crippen molar-refractivity contribution >= 4 is 12.4 Å². The number of aliphatic hydroxyl groups is 2. The van der Waals surface area contributed by atoms with E-state index in [2.05, 4.69) is 51.6 Å². The third-order valence-corrected chi connectivity index (χ3v) is 8.22. The predicted octanol–water partition coefficient (Wildman–Crippen LogP) is 3.68. The molecule has 34 heavy (non-hydrogen) atoms. The Morgan fingerprint density at radius 3 is 2.21 bits per heavy atom. The van der Waals surface area contributed by atoms with E-state index in [1.165, 1.54) is 24.8 Å². The highest BCUT2D eigenvalue weighted by atomic mass is 35.5. The molecule has 3 aromatic rings. The number of benzene rings is 1. The highest BCUT2D eigenvalue weighted by Crippen LogP contribution is 2.65. The minimum absolute atomic E-state index is 0. The van der Waals surface area contributed by atoms with Crippen molar-refractivity contribution in [2.75, 3.05) is 13.1 Å². The molecular formula is C26H31ClN4O3. The van der Waals surface area contributed by atoms with Crippen LogP contribution in [0.3, 0.4) is 0 Å². The van der Waals surface area contributed by atoms with Crippen LogP contribution < -0.4 is 5.32 Å². The van der Waals surface area contributed by atoms with Crippen molar-refractivity contribution in [3.05, 3.63) is 65.3 Å². The van der Waals surface area contributed by atoms with Crippen molar-refractivity contribution < 1.29 is 14.7 Å². The fourth-order valence-corrected chi connectivity index (χ4v) is 5.87. The van der Waals surface area contributed by atoms with Gasteiger partial charge in [0.1, 0.15) is 11.2 Å². The number of hydrogen-bond acceptors (Lipinski definition) is 7. The summed E-state index contributed by atoms with van der Waals surface area (Å²) < 4.78 is 5.25. The Morgan fingerprint density at radius 1 is 1.03 bits per heavy atom. The average Bonchev–Trinajstić information content (AvgIpc) is 3.21. The van der Waals surface area contributed by atoms with Crippen molar-refractivity contribution in [3.8, 4) is 11.4 Å². The van der Waals surface area contributed by atoms with Crippen molar-refractivity contribution in [2.24, 2.45) is 11.3 Å². The van der Waals surface area contributed by atoms with E-state index in [0.29, 0.717) is 35.5 Å².